The van der Waals surface area contributed by atoms with Crippen molar-refractivity contribution in [3.05, 3.63) is 54.5 Å². The molecule has 0 aliphatic rings. The Morgan fingerprint density at radius 2 is 1.86 bits per heavy atom. The van der Waals surface area contributed by atoms with Gasteiger partial charge < -0.3 is 9.32 Å². The third kappa shape index (κ3) is 5.48. The topological polar surface area (TPSA) is 33.5 Å². The molecule has 1 aromatic heterocycles. The maximum absolute atomic E-state index is 12.6. The van der Waals surface area contributed by atoms with E-state index < -0.39 is 18.6 Å². The Bertz CT molecular complexity index is 585. The van der Waals surface area contributed by atoms with Crippen LogP contribution in [0, 0.1) is 0 Å². The molecule has 0 atom stereocenters. The molecule has 1 aromatic carbocycles. The molecule has 1 amide bonds. The summed E-state index contributed by atoms with van der Waals surface area (Å²) in [4.78, 5) is 13.7. The number of halogens is 3. The first kappa shape index (κ1) is 16.5. The lowest BCUT2D eigenvalue weighted by Gasteiger charge is -2.23. The zero-order chi connectivity index (χ0) is 16.0. The van der Waals surface area contributed by atoms with E-state index >= 15 is 0 Å². The normalized spacial score (nSPS) is 11.4. The second kappa shape index (κ2) is 7.40. The fraction of sp³-hybridized carbons (Fsp3) is 0.267. The van der Waals surface area contributed by atoms with Gasteiger partial charge >= 0.3 is 6.18 Å². The SMILES string of the molecule is O=C(CSc1ccccc1)N(Cc1ccco1)CC(F)(F)F. The van der Waals surface area contributed by atoms with Gasteiger partial charge in [0, 0.05) is 4.90 Å². The van der Waals surface area contributed by atoms with Crippen molar-refractivity contribution in [2.45, 2.75) is 17.6 Å². The van der Waals surface area contributed by atoms with Crippen LogP contribution in [-0.2, 0) is 11.3 Å². The van der Waals surface area contributed by atoms with Crippen molar-refractivity contribution in [1.82, 2.24) is 4.90 Å². The lowest BCUT2D eigenvalue weighted by molar-refractivity contribution is -0.161. The average Bonchev–Trinajstić information content (AvgIpc) is 2.97. The molecule has 0 fully saturated rings. The Labute approximate surface area is 130 Å². The number of thioether (sulfide) groups is 1. The van der Waals surface area contributed by atoms with E-state index in [-0.39, 0.29) is 12.3 Å². The fourth-order valence-corrected chi connectivity index (χ4v) is 2.61. The number of alkyl halides is 3. The molecule has 0 radical (unpaired) electrons. The van der Waals surface area contributed by atoms with E-state index in [4.69, 9.17) is 4.42 Å². The Hall–Kier alpha value is -1.89. The Kier molecular flexibility index (Phi) is 5.54. The van der Waals surface area contributed by atoms with Crippen molar-refractivity contribution in [3.8, 4) is 0 Å². The fourth-order valence-electron chi connectivity index (χ4n) is 1.79. The van der Waals surface area contributed by atoms with Gasteiger partial charge in [-0.2, -0.15) is 13.2 Å². The summed E-state index contributed by atoms with van der Waals surface area (Å²) in [5.74, 6) is -0.314. The van der Waals surface area contributed by atoms with E-state index in [0.29, 0.717) is 5.76 Å². The standard InChI is InChI=1S/C15H14F3NO2S/c16-15(17,18)11-19(9-12-5-4-8-21-12)14(20)10-22-13-6-2-1-3-7-13/h1-8H,9-11H2. The van der Waals surface area contributed by atoms with Crippen molar-refractivity contribution in [1.29, 1.82) is 0 Å². The second-order valence-corrected chi connectivity index (χ2v) is 5.59. The van der Waals surface area contributed by atoms with Crippen LogP contribution in [0.4, 0.5) is 13.2 Å². The molecular formula is C15H14F3NO2S. The molecule has 0 aliphatic carbocycles. The van der Waals surface area contributed by atoms with Gasteiger partial charge in [0.15, 0.2) is 0 Å². The van der Waals surface area contributed by atoms with E-state index in [9.17, 15) is 18.0 Å². The minimum atomic E-state index is -4.44. The van der Waals surface area contributed by atoms with Crippen molar-refractivity contribution in [2.75, 3.05) is 12.3 Å². The van der Waals surface area contributed by atoms with Crippen molar-refractivity contribution in [3.63, 3.8) is 0 Å². The van der Waals surface area contributed by atoms with Crippen molar-refractivity contribution < 1.29 is 22.4 Å². The van der Waals surface area contributed by atoms with E-state index in [1.165, 1.54) is 18.0 Å². The first-order valence-corrected chi connectivity index (χ1v) is 7.47. The number of hydrogen-bond acceptors (Lipinski definition) is 3. The van der Waals surface area contributed by atoms with Gasteiger partial charge in [0.05, 0.1) is 18.6 Å². The van der Waals surface area contributed by atoms with Crippen LogP contribution in [0.2, 0.25) is 0 Å². The highest BCUT2D eigenvalue weighted by molar-refractivity contribution is 8.00. The maximum atomic E-state index is 12.6. The highest BCUT2D eigenvalue weighted by atomic mass is 32.2. The average molecular weight is 329 g/mol. The molecular weight excluding hydrogens is 315 g/mol. The summed E-state index contributed by atoms with van der Waals surface area (Å²) in [7, 11) is 0. The molecule has 7 heteroatoms. The van der Waals surface area contributed by atoms with E-state index in [1.54, 1.807) is 24.3 Å². The van der Waals surface area contributed by atoms with Gasteiger partial charge in [-0.15, -0.1) is 11.8 Å². The van der Waals surface area contributed by atoms with Gasteiger partial charge in [-0.3, -0.25) is 4.79 Å². The Morgan fingerprint density at radius 3 is 2.45 bits per heavy atom. The summed E-state index contributed by atoms with van der Waals surface area (Å²) in [5, 5.41) is 0. The van der Waals surface area contributed by atoms with E-state index in [0.717, 1.165) is 9.80 Å². The zero-order valence-electron chi connectivity index (χ0n) is 11.5. The summed E-state index contributed by atoms with van der Waals surface area (Å²) in [6.07, 6.45) is -3.08. The van der Waals surface area contributed by atoms with Gasteiger partial charge in [0.25, 0.3) is 0 Å². The molecule has 3 nitrogen and oxygen atoms in total. The van der Waals surface area contributed by atoms with Crippen LogP contribution >= 0.6 is 11.8 Å². The summed E-state index contributed by atoms with van der Waals surface area (Å²) in [5.41, 5.74) is 0. The third-order valence-electron chi connectivity index (χ3n) is 2.76. The number of amides is 1. The number of furan rings is 1. The Balaban J connectivity index is 1.98. The number of nitrogens with zero attached hydrogens (tertiary/aromatic N) is 1. The van der Waals surface area contributed by atoms with Crippen LogP contribution in [0.15, 0.2) is 58.0 Å². The Morgan fingerprint density at radius 1 is 1.14 bits per heavy atom. The molecule has 2 rings (SSSR count). The van der Waals surface area contributed by atoms with Crippen LogP contribution < -0.4 is 0 Å². The molecule has 0 aliphatic heterocycles. The molecule has 118 valence electrons. The number of hydrogen-bond donors (Lipinski definition) is 0. The van der Waals surface area contributed by atoms with Gasteiger partial charge in [0.2, 0.25) is 5.91 Å². The molecule has 0 bridgehead atoms. The van der Waals surface area contributed by atoms with Gasteiger partial charge in [-0.1, -0.05) is 18.2 Å². The first-order valence-electron chi connectivity index (χ1n) is 6.49. The van der Waals surface area contributed by atoms with Crippen LogP contribution in [-0.4, -0.2) is 29.3 Å². The highest BCUT2D eigenvalue weighted by Gasteiger charge is 2.33. The number of benzene rings is 1. The molecule has 22 heavy (non-hydrogen) atoms. The number of rotatable bonds is 6. The minimum Gasteiger partial charge on any atom is -0.467 e. The molecule has 0 saturated heterocycles. The predicted molar refractivity (Wildman–Crippen MR) is 77.3 cm³/mol. The summed E-state index contributed by atoms with van der Waals surface area (Å²) in [6, 6.07) is 12.2. The molecule has 0 N–H and O–H groups in total. The maximum Gasteiger partial charge on any atom is 0.406 e. The van der Waals surface area contributed by atoms with Gasteiger partial charge in [-0.05, 0) is 24.3 Å². The second-order valence-electron chi connectivity index (χ2n) is 4.55. The predicted octanol–water partition coefficient (Wildman–Crippen LogP) is 3.96. The molecule has 0 unspecified atom stereocenters. The summed E-state index contributed by atoms with van der Waals surface area (Å²) >= 11 is 1.21. The molecule has 0 spiro atoms. The smallest absolute Gasteiger partial charge is 0.406 e. The first-order chi connectivity index (χ1) is 10.4. The van der Waals surface area contributed by atoms with Crippen LogP contribution in [0.25, 0.3) is 0 Å². The zero-order valence-corrected chi connectivity index (χ0v) is 12.4. The van der Waals surface area contributed by atoms with Crippen molar-refractivity contribution in [2.24, 2.45) is 0 Å². The van der Waals surface area contributed by atoms with E-state index in [1.807, 2.05) is 18.2 Å². The summed E-state index contributed by atoms with van der Waals surface area (Å²) < 4.78 is 42.9. The van der Waals surface area contributed by atoms with Gasteiger partial charge in [-0.25, -0.2) is 0 Å². The van der Waals surface area contributed by atoms with Crippen LogP contribution in [0.5, 0.6) is 0 Å². The molecule has 0 saturated carbocycles. The minimum absolute atomic E-state index is 0.0548. The van der Waals surface area contributed by atoms with Crippen molar-refractivity contribution >= 4 is 17.7 Å². The lowest BCUT2D eigenvalue weighted by atomic mass is 10.3. The van der Waals surface area contributed by atoms with Gasteiger partial charge in [0.1, 0.15) is 12.3 Å². The number of carbonyl (C=O) groups is 1. The highest BCUT2D eigenvalue weighted by Crippen LogP contribution is 2.21. The largest absolute Gasteiger partial charge is 0.467 e. The number of carbonyl (C=O) groups excluding carboxylic acids is 1. The van der Waals surface area contributed by atoms with E-state index in [2.05, 4.69) is 0 Å². The van der Waals surface area contributed by atoms with Crippen LogP contribution in [0.1, 0.15) is 5.76 Å². The summed E-state index contributed by atoms with van der Waals surface area (Å²) in [6.45, 7) is -1.48. The lowest BCUT2D eigenvalue weighted by Crippen LogP contribution is -2.39. The third-order valence-corrected chi connectivity index (χ3v) is 3.75. The quantitative estimate of drug-likeness (QED) is 0.752. The molecule has 1 heterocycles. The molecule has 2 aromatic rings. The monoisotopic (exact) mass is 329 g/mol. The van der Waals surface area contributed by atoms with Crippen LogP contribution in [0.3, 0.4) is 0 Å².